The van der Waals surface area contributed by atoms with E-state index in [1.54, 1.807) is 19.2 Å². The molecular weight excluding hydrogens is 210 g/mol. The van der Waals surface area contributed by atoms with Crippen LogP contribution in [0.2, 0.25) is 5.02 Å². The highest BCUT2D eigenvalue weighted by molar-refractivity contribution is 6.30. The lowest BCUT2D eigenvalue weighted by Gasteiger charge is -2.20. The molecule has 0 spiro atoms. The topological polar surface area (TPSA) is 33.1 Å². The predicted molar refractivity (Wildman–Crippen MR) is 63.1 cm³/mol. The average molecular weight is 228 g/mol. The first kappa shape index (κ1) is 12.5. The molecule has 1 unspecified atom stereocenters. The van der Waals surface area contributed by atoms with E-state index >= 15 is 0 Å². The fourth-order valence-corrected chi connectivity index (χ4v) is 1.66. The van der Waals surface area contributed by atoms with E-state index < -0.39 is 6.10 Å². The number of aliphatic hydroxyl groups is 1. The molecule has 0 aromatic carbocycles. The first-order chi connectivity index (χ1) is 6.93. The monoisotopic (exact) mass is 227 g/mol. The van der Waals surface area contributed by atoms with E-state index in [2.05, 4.69) is 25.8 Å². The maximum atomic E-state index is 9.66. The van der Waals surface area contributed by atoms with Crippen LogP contribution in [0.1, 0.15) is 51.0 Å². The number of halogens is 1. The van der Waals surface area contributed by atoms with Crippen LogP contribution in [0, 0.1) is 5.92 Å². The minimum Gasteiger partial charge on any atom is -0.389 e. The van der Waals surface area contributed by atoms with Gasteiger partial charge in [-0.05, 0) is 18.9 Å². The second-order valence-corrected chi connectivity index (χ2v) is 4.77. The van der Waals surface area contributed by atoms with Crippen LogP contribution < -0.4 is 0 Å². The van der Waals surface area contributed by atoms with Gasteiger partial charge in [0.15, 0.2) is 0 Å². The van der Waals surface area contributed by atoms with Crippen molar-refractivity contribution in [1.82, 2.24) is 4.98 Å². The van der Waals surface area contributed by atoms with Crippen LogP contribution in [-0.4, -0.2) is 10.1 Å². The van der Waals surface area contributed by atoms with Crippen LogP contribution in [0.25, 0.3) is 0 Å². The van der Waals surface area contributed by atoms with Crippen molar-refractivity contribution in [1.29, 1.82) is 0 Å². The van der Waals surface area contributed by atoms with Crippen molar-refractivity contribution in [2.75, 3.05) is 0 Å². The van der Waals surface area contributed by atoms with Crippen molar-refractivity contribution in [3.8, 4) is 0 Å². The van der Waals surface area contributed by atoms with E-state index in [0.29, 0.717) is 16.9 Å². The average Bonchev–Trinajstić information content (AvgIpc) is 2.16. The standard InChI is InChI=1S/C12H18ClNO/c1-7(2)8(3)12-11(9(4)15)5-10(13)6-14-12/h5-9,15H,1-4H3/t8-,9?/m0/s1. The minimum absolute atomic E-state index is 0.326. The van der Waals surface area contributed by atoms with Gasteiger partial charge in [-0.1, -0.05) is 32.4 Å². The van der Waals surface area contributed by atoms with E-state index in [0.717, 1.165) is 11.3 Å². The van der Waals surface area contributed by atoms with Crippen molar-refractivity contribution in [2.45, 2.75) is 39.7 Å². The fraction of sp³-hybridized carbons (Fsp3) is 0.583. The Morgan fingerprint density at radius 3 is 2.33 bits per heavy atom. The van der Waals surface area contributed by atoms with Gasteiger partial charge in [-0.25, -0.2) is 0 Å². The lowest BCUT2D eigenvalue weighted by molar-refractivity contribution is 0.196. The third-order valence-corrected chi connectivity index (χ3v) is 3.00. The molecule has 1 heterocycles. The largest absolute Gasteiger partial charge is 0.389 e. The molecule has 2 nitrogen and oxygen atoms in total. The van der Waals surface area contributed by atoms with E-state index in [9.17, 15) is 5.11 Å². The van der Waals surface area contributed by atoms with Crippen LogP contribution >= 0.6 is 11.6 Å². The van der Waals surface area contributed by atoms with E-state index in [4.69, 9.17) is 11.6 Å². The van der Waals surface area contributed by atoms with Gasteiger partial charge in [0.25, 0.3) is 0 Å². The fourth-order valence-electron chi connectivity index (χ4n) is 1.50. The van der Waals surface area contributed by atoms with E-state index in [1.807, 2.05) is 0 Å². The van der Waals surface area contributed by atoms with Gasteiger partial charge in [0.1, 0.15) is 0 Å². The number of hydrogen-bond acceptors (Lipinski definition) is 2. The molecule has 0 aliphatic rings. The Bertz CT molecular complexity index is 336. The molecule has 15 heavy (non-hydrogen) atoms. The molecule has 84 valence electrons. The summed E-state index contributed by atoms with van der Waals surface area (Å²) >= 11 is 5.87. The molecule has 0 saturated heterocycles. The maximum absolute atomic E-state index is 9.66. The lowest BCUT2D eigenvalue weighted by atomic mass is 9.90. The van der Waals surface area contributed by atoms with Gasteiger partial charge >= 0.3 is 0 Å². The highest BCUT2D eigenvalue weighted by Crippen LogP contribution is 2.29. The summed E-state index contributed by atoms with van der Waals surface area (Å²) in [6.07, 6.45) is 1.12. The van der Waals surface area contributed by atoms with Crippen LogP contribution in [0.15, 0.2) is 12.3 Å². The second kappa shape index (κ2) is 4.95. The van der Waals surface area contributed by atoms with Gasteiger partial charge in [-0.3, -0.25) is 4.98 Å². The van der Waals surface area contributed by atoms with Crippen LogP contribution in [0.5, 0.6) is 0 Å². The zero-order chi connectivity index (χ0) is 11.6. The number of aliphatic hydroxyl groups excluding tert-OH is 1. The Morgan fingerprint density at radius 1 is 1.27 bits per heavy atom. The summed E-state index contributed by atoms with van der Waals surface area (Å²) in [4.78, 5) is 4.33. The van der Waals surface area contributed by atoms with Gasteiger partial charge < -0.3 is 5.11 Å². The summed E-state index contributed by atoms with van der Waals surface area (Å²) in [7, 11) is 0. The molecule has 3 heteroatoms. The van der Waals surface area contributed by atoms with E-state index in [1.165, 1.54) is 0 Å². The van der Waals surface area contributed by atoms with Crippen molar-refractivity contribution in [3.63, 3.8) is 0 Å². The summed E-state index contributed by atoms with van der Waals surface area (Å²) in [5.41, 5.74) is 1.79. The summed E-state index contributed by atoms with van der Waals surface area (Å²) in [5, 5.41) is 10.2. The summed E-state index contributed by atoms with van der Waals surface area (Å²) < 4.78 is 0. The Morgan fingerprint density at radius 2 is 1.87 bits per heavy atom. The quantitative estimate of drug-likeness (QED) is 0.857. The number of nitrogens with zero attached hydrogens (tertiary/aromatic N) is 1. The molecule has 0 aliphatic carbocycles. The minimum atomic E-state index is -0.521. The molecular formula is C12H18ClNO. The van der Waals surface area contributed by atoms with Crippen molar-refractivity contribution in [3.05, 3.63) is 28.5 Å². The number of rotatable bonds is 3. The predicted octanol–water partition coefficient (Wildman–Crippen LogP) is 3.55. The van der Waals surface area contributed by atoms with Crippen LogP contribution in [0.4, 0.5) is 0 Å². The third-order valence-electron chi connectivity index (χ3n) is 2.80. The second-order valence-electron chi connectivity index (χ2n) is 4.34. The first-order valence-electron chi connectivity index (χ1n) is 5.27. The van der Waals surface area contributed by atoms with Crippen molar-refractivity contribution in [2.24, 2.45) is 5.92 Å². The molecule has 0 radical (unpaired) electrons. The number of pyridine rings is 1. The van der Waals surface area contributed by atoms with E-state index in [-0.39, 0.29) is 0 Å². The van der Waals surface area contributed by atoms with Gasteiger partial charge in [0.05, 0.1) is 11.1 Å². The molecule has 0 bridgehead atoms. The van der Waals surface area contributed by atoms with Gasteiger partial charge in [0.2, 0.25) is 0 Å². The number of aromatic nitrogens is 1. The zero-order valence-corrected chi connectivity index (χ0v) is 10.4. The zero-order valence-electron chi connectivity index (χ0n) is 9.66. The number of hydrogen-bond donors (Lipinski definition) is 1. The molecule has 0 aliphatic heterocycles. The van der Waals surface area contributed by atoms with Crippen molar-refractivity contribution < 1.29 is 5.11 Å². The Labute approximate surface area is 96.3 Å². The molecule has 0 amide bonds. The molecule has 1 N–H and O–H groups in total. The first-order valence-corrected chi connectivity index (χ1v) is 5.64. The molecule has 1 rings (SSSR count). The Kier molecular flexibility index (Phi) is 4.12. The van der Waals surface area contributed by atoms with Crippen molar-refractivity contribution >= 4 is 11.6 Å². The van der Waals surface area contributed by atoms with Gasteiger partial charge in [-0.2, -0.15) is 0 Å². The molecule has 0 saturated carbocycles. The smallest absolute Gasteiger partial charge is 0.0780 e. The highest BCUT2D eigenvalue weighted by Gasteiger charge is 2.18. The Balaban J connectivity index is 3.16. The van der Waals surface area contributed by atoms with Crippen LogP contribution in [0.3, 0.4) is 0 Å². The molecule has 0 fully saturated rings. The van der Waals surface area contributed by atoms with Gasteiger partial charge in [0, 0.05) is 23.4 Å². The van der Waals surface area contributed by atoms with Crippen LogP contribution in [-0.2, 0) is 0 Å². The normalized spacial score (nSPS) is 15.4. The maximum Gasteiger partial charge on any atom is 0.0780 e. The summed E-state index contributed by atoms with van der Waals surface area (Å²) in [6, 6.07) is 1.80. The Hall–Kier alpha value is -0.600. The molecule has 1 aromatic heterocycles. The van der Waals surface area contributed by atoms with Gasteiger partial charge in [-0.15, -0.1) is 0 Å². The third kappa shape index (κ3) is 2.93. The highest BCUT2D eigenvalue weighted by atomic mass is 35.5. The lowest BCUT2D eigenvalue weighted by Crippen LogP contribution is -2.09. The molecule has 1 aromatic rings. The summed E-state index contributed by atoms with van der Waals surface area (Å²) in [6.45, 7) is 8.15. The molecule has 2 atom stereocenters. The SMILES string of the molecule is CC(O)c1cc(Cl)cnc1[C@@H](C)C(C)C. The summed E-state index contributed by atoms with van der Waals surface area (Å²) in [5.74, 6) is 0.822.